The molecule has 2 rings (SSSR count). The molecular formula is C14H21N3O2S. The quantitative estimate of drug-likeness (QED) is 0.728. The molecule has 0 bridgehead atoms. The van der Waals surface area contributed by atoms with Crippen LogP contribution in [0.4, 0.5) is 0 Å². The summed E-state index contributed by atoms with van der Waals surface area (Å²) in [5.41, 5.74) is 0. The Morgan fingerprint density at radius 2 is 2.20 bits per heavy atom. The Morgan fingerprint density at radius 3 is 2.70 bits per heavy atom. The summed E-state index contributed by atoms with van der Waals surface area (Å²) in [7, 11) is 0. The van der Waals surface area contributed by atoms with E-state index in [9.17, 15) is 9.59 Å². The van der Waals surface area contributed by atoms with Gasteiger partial charge in [-0.15, -0.1) is 11.3 Å². The molecule has 1 aliphatic rings. The molecule has 0 aliphatic carbocycles. The van der Waals surface area contributed by atoms with Crippen LogP contribution in [-0.4, -0.2) is 37.5 Å². The van der Waals surface area contributed by atoms with Crippen molar-refractivity contribution in [3.05, 3.63) is 22.4 Å². The molecule has 1 unspecified atom stereocenters. The van der Waals surface area contributed by atoms with E-state index < -0.39 is 6.04 Å². The van der Waals surface area contributed by atoms with Gasteiger partial charge in [0, 0.05) is 25.6 Å². The van der Waals surface area contributed by atoms with Gasteiger partial charge in [-0.25, -0.2) is 0 Å². The van der Waals surface area contributed by atoms with Crippen molar-refractivity contribution >= 4 is 23.2 Å². The molecule has 6 heteroatoms. The lowest BCUT2D eigenvalue weighted by Crippen LogP contribution is -2.53. The third-order valence-corrected chi connectivity index (χ3v) is 4.28. The van der Waals surface area contributed by atoms with Gasteiger partial charge >= 0.3 is 0 Å². The maximum absolute atomic E-state index is 12.2. The monoisotopic (exact) mass is 295 g/mol. The fraction of sp³-hybridized carbons (Fsp3) is 0.571. The summed E-state index contributed by atoms with van der Waals surface area (Å²) < 4.78 is 0. The highest BCUT2D eigenvalue weighted by atomic mass is 32.1. The zero-order valence-corrected chi connectivity index (χ0v) is 12.6. The number of amides is 2. The van der Waals surface area contributed by atoms with Gasteiger partial charge < -0.3 is 16.0 Å². The van der Waals surface area contributed by atoms with Crippen LogP contribution in [0.5, 0.6) is 0 Å². The molecule has 1 atom stereocenters. The molecule has 1 aromatic heterocycles. The van der Waals surface area contributed by atoms with E-state index >= 15 is 0 Å². The standard InChI is InChI=1S/C14H21N3O2S/c1-9(2)12(14(19)16-8-10-6-15-7-10)17-13(18)11-4-3-5-20-11/h3-5,9-10,12,15H,6-8H2,1-2H3,(H,16,19)(H,17,18). The third-order valence-electron chi connectivity index (χ3n) is 3.41. The minimum atomic E-state index is -0.488. The molecule has 3 N–H and O–H groups in total. The number of nitrogens with one attached hydrogen (secondary N) is 3. The Bertz CT molecular complexity index is 455. The van der Waals surface area contributed by atoms with E-state index in [-0.39, 0.29) is 17.7 Å². The zero-order chi connectivity index (χ0) is 14.5. The second kappa shape index (κ2) is 6.85. The van der Waals surface area contributed by atoms with Crippen LogP contribution in [0.15, 0.2) is 17.5 Å². The predicted octanol–water partition coefficient (Wildman–Crippen LogP) is 0.838. The van der Waals surface area contributed by atoms with E-state index in [0.29, 0.717) is 17.3 Å². The molecular weight excluding hydrogens is 274 g/mol. The second-order valence-corrected chi connectivity index (χ2v) is 6.39. The van der Waals surface area contributed by atoms with Gasteiger partial charge in [-0.2, -0.15) is 0 Å². The lowest BCUT2D eigenvalue weighted by molar-refractivity contribution is -0.124. The Morgan fingerprint density at radius 1 is 1.45 bits per heavy atom. The summed E-state index contributed by atoms with van der Waals surface area (Å²) in [6, 6.07) is 3.10. The molecule has 0 saturated carbocycles. The maximum atomic E-state index is 12.2. The van der Waals surface area contributed by atoms with E-state index in [0.717, 1.165) is 13.1 Å². The molecule has 20 heavy (non-hydrogen) atoms. The van der Waals surface area contributed by atoms with Crippen LogP contribution in [-0.2, 0) is 4.79 Å². The molecule has 2 amide bonds. The average Bonchev–Trinajstić information content (AvgIpc) is 2.86. The Balaban J connectivity index is 1.88. The lowest BCUT2D eigenvalue weighted by Gasteiger charge is -2.28. The van der Waals surface area contributed by atoms with Gasteiger partial charge in [0.05, 0.1) is 4.88 Å². The molecule has 1 aromatic rings. The first-order valence-corrected chi connectivity index (χ1v) is 7.78. The van der Waals surface area contributed by atoms with Crippen molar-refractivity contribution in [3.63, 3.8) is 0 Å². The topological polar surface area (TPSA) is 70.2 Å². The third kappa shape index (κ3) is 3.80. The van der Waals surface area contributed by atoms with Crippen LogP contribution < -0.4 is 16.0 Å². The molecule has 0 aromatic carbocycles. The molecule has 1 saturated heterocycles. The van der Waals surface area contributed by atoms with Crippen LogP contribution in [0.3, 0.4) is 0 Å². The summed E-state index contributed by atoms with van der Waals surface area (Å²) in [6.07, 6.45) is 0. The van der Waals surface area contributed by atoms with Crippen LogP contribution >= 0.6 is 11.3 Å². The van der Waals surface area contributed by atoms with Crippen molar-refractivity contribution in [2.75, 3.05) is 19.6 Å². The van der Waals surface area contributed by atoms with Gasteiger partial charge in [0.2, 0.25) is 5.91 Å². The largest absolute Gasteiger partial charge is 0.354 e. The van der Waals surface area contributed by atoms with Crippen molar-refractivity contribution in [2.24, 2.45) is 11.8 Å². The van der Waals surface area contributed by atoms with Crippen molar-refractivity contribution in [3.8, 4) is 0 Å². The Hall–Kier alpha value is -1.40. The molecule has 2 heterocycles. The molecule has 0 radical (unpaired) electrons. The highest BCUT2D eigenvalue weighted by Crippen LogP contribution is 2.10. The van der Waals surface area contributed by atoms with Gasteiger partial charge in [-0.05, 0) is 17.4 Å². The van der Waals surface area contributed by atoms with Crippen molar-refractivity contribution in [1.29, 1.82) is 0 Å². The molecule has 1 aliphatic heterocycles. The fourth-order valence-electron chi connectivity index (χ4n) is 2.00. The van der Waals surface area contributed by atoms with Crippen molar-refractivity contribution < 1.29 is 9.59 Å². The molecule has 0 spiro atoms. The summed E-state index contributed by atoms with van der Waals surface area (Å²) in [6.45, 7) is 6.44. The number of hydrogen-bond donors (Lipinski definition) is 3. The van der Waals surface area contributed by atoms with E-state index in [1.165, 1.54) is 11.3 Å². The van der Waals surface area contributed by atoms with E-state index in [1.54, 1.807) is 6.07 Å². The number of rotatable bonds is 6. The van der Waals surface area contributed by atoms with Gasteiger partial charge in [-0.1, -0.05) is 19.9 Å². The van der Waals surface area contributed by atoms with Crippen LogP contribution in [0, 0.1) is 11.8 Å². The van der Waals surface area contributed by atoms with Gasteiger partial charge in [0.1, 0.15) is 6.04 Å². The number of carbonyl (C=O) groups excluding carboxylic acids is 2. The molecule has 110 valence electrons. The highest BCUT2D eigenvalue weighted by molar-refractivity contribution is 7.12. The number of thiophene rings is 1. The molecule has 1 fully saturated rings. The van der Waals surface area contributed by atoms with Crippen LogP contribution in [0.25, 0.3) is 0 Å². The van der Waals surface area contributed by atoms with E-state index in [4.69, 9.17) is 0 Å². The Kier molecular flexibility index (Phi) is 5.14. The fourth-order valence-corrected chi connectivity index (χ4v) is 2.63. The van der Waals surface area contributed by atoms with Crippen LogP contribution in [0.2, 0.25) is 0 Å². The average molecular weight is 295 g/mol. The number of carbonyl (C=O) groups is 2. The minimum absolute atomic E-state index is 0.0541. The zero-order valence-electron chi connectivity index (χ0n) is 11.8. The van der Waals surface area contributed by atoms with Crippen molar-refractivity contribution in [2.45, 2.75) is 19.9 Å². The van der Waals surface area contributed by atoms with E-state index in [1.807, 2.05) is 25.3 Å². The first-order chi connectivity index (χ1) is 9.58. The SMILES string of the molecule is CC(C)C(NC(=O)c1cccs1)C(=O)NCC1CNC1. The number of hydrogen-bond acceptors (Lipinski definition) is 4. The minimum Gasteiger partial charge on any atom is -0.354 e. The first-order valence-electron chi connectivity index (χ1n) is 6.90. The van der Waals surface area contributed by atoms with Gasteiger partial charge in [-0.3, -0.25) is 9.59 Å². The lowest BCUT2D eigenvalue weighted by atomic mass is 10.0. The highest BCUT2D eigenvalue weighted by Gasteiger charge is 2.26. The normalized spacial score (nSPS) is 16.6. The summed E-state index contributed by atoms with van der Waals surface area (Å²) >= 11 is 1.38. The summed E-state index contributed by atoms with van der Waals surface area (Å²) in [5, 5.41) is 10.8. The molecule has 5 nitrogen and oxygen atoms in total. The Labute approximate surface area is 123 Å². The summed E-state index contributed by atoms with van der Waals surface area (Å²) in [5.74, 6) is 0.286. The second-order valence-electron chi connectivity index (χ2n) is 5.44. The summed E-state index contributed by atoms with van der Waals surface area (Å²) in [4.78, 5) is 24.9. The predicted molar refractivity (Wildman–Crippen MR) is 79.8 cm³/mol. The first kappa shape index (κ1) is 15.0. The smallest absolute Gasteiger partial charge is 0.262 e. The van der Waals surface area contributed by atoms with Gasteiger partial charge in [0.25, 0.3) is 5.91 Å². The van der Waals surface area contributed by atoms with Crippen LogP contribution in [0.1, 0.15) is 23.5 Å². The maximum Gasteiger partial charge on any atom is 0.262 e. The van der Waals surface area contributed by atoms with E-state index in [2.05, 4.69) is 16.0 Å². The van der Waals surface area contributed by atoms with Crippen molar-refractivity contribution in [1.82, 2.24) is 16.0 Å². The van der Waals surface area contributed by atoms with Gasteiger partial charge in [0.15, 0.2) is 0 Å².